The van der Waals surface area contributed by atoms with Crippen LogP contribution in [0.2, 0.25) is 0 Å². The molecule has 2 heterocycles. The molecule has 0 atom stereocenters. The fourth-order valence-electron chi connectivity index (χ4n) is 2.36. The zero-order chi connectivity index (χ0) is 19.1. The summed E-state index contributed by atoms with van der Waals surface area (Å²) in [5, 5.41) is 6.03. The SMILES string of the molecule is CC1(C)OB(c2c(F)cc(C=NNc3nc(N)cs3)cc2F)OC1(C)C. The lowest BCUT2D eigenvalue weighted by Gasteiger charge is -2.32. The quantitative estimate of drug-likeness (QED) is 0.484. The monoisotopic (exact) mass is 380 g/mol. The van der Waals surface area contributed by atoms with Crippen molar-refractivity contribution in [2.75, 3.05) is 11.2 Å². The average Bonchev–Trinajstić information content (AvgIpc) is 2.99. The van der Waals surface area contributed by atoms with Gasteiger partial charge in [0.25, 0.3) is 0 Å². The van der Waals surface area contributed by atoms with E-state index < -0.39 is 30.0 Å². The Morgan fingerprint density at radius 2 is 1.77 bits per heavy atom. The predicted octanol–water partition coefficient (Wildman–Crippen LogP) is 2.75. The molecule has 0 spiro atoms. The maximum atomic E-state index is 14.5. The zero-order valence-electron chi connectivity index (χ0n) is 14.8. The van der Waals surface area contributed by atoms with Crippen LogP contribution in [0.25, 0.3) is 0 Å². The van der Waals surface area contributed by atoms with Gasteiger partial charge in [0.05, 0.1) is 22.9 Å². The van der Waals surface area contributed by atoms with E-state index in [-0.39, 0.29) is 11.0 Å². The van der Waals surface area contributed by atoms with Gasteiger partial charge in [-0.2, -0.15) is 5.10 Å². The lowest BCUT2D eigenvalue weighted by atomic mass is 9.77. The first kappa shape index (κ1) is 18.7. The molecule has 3 N–H and O–H groups in total. The number of nitrogen functional groups attached to an aromatic ring is 1. The first-order valence-corrected chi connectivity index (χ1v) is 8.82. The smallest absolute Gasteiger partial charge is 0.399 e. The number of hydrazone groups is 1. The van der Waals surface area contributed by atoms with Crippen molar-refractivity contribution < 1.29 is 18.1 Å². The molecule has 1 aromatic heterocycles. The van der Waals surface area contributed by atoms with Crippen molar-refractivity contribution in [1.29, 1.82) is 0 Å². The van der Waals surface area contributed by atoms with Crippen molar-refractivity contribution in [3.63, 3.8) is 0 Å². The van der Waals surface area contributed by atoms with E-state index in [0.29, 0.717) is 10.9 Å². The van der Waals surface area contributed by atoms with Crippen molar-refractivity contribution >= 4 is 41.1 Å². The fraction of sp³-hybridized carbons (Fsp3) is 0.375. The summed E-state index contributed by atoms with van der Waals surface area (Å²) in [4.78, 5) is 3.96. The van der Waals surface area contributed by atoms with Crippen molar-refractivity contribution in [2.24, 2.45) is 5.10 Å². The van der Waals surface area contributed by atoms with Gasteiger partial charge in [0.1, 0.15) is 17.5 Å². The Hall–Kier alpha value is -2.04. The highest BCUT2D eigenvalue weighted by molar-refractivity contribution is 7.14. The van der Waals surface area contributed by atoms with Crippen LogP contribution in [-0.2, 0) is 9.31 Å². The molecule has 6 nitrogen and oxygen atoms in total. The Morgan fingerprint density at radius 1 is 1.19 bits per heavy atom. The van der Waals surface area contributed by atoms with Gasteiger partial charge >= 0.3 is 7.12 Å². The third kappa shape index (κ3) is 3.58. The number of hydrogen-bond acceptors (Lipinski definition) is 7. The summed E-state index contributed by atoms with van der Waals surface area (Å²) >= 11 is 1.27. The Bertz CT molecular complexity index is 818. The van der Waals surface area contributed by atoms with Crippen LogP contribution in [0.15, 0.2) is 22.6 Å². The number of halogens is 2. The van der Waals surface area contributed by atoms with Crippen molar-refractivity contribution in [3.8, 4) is 0 Å². The van der Waals surface area contributed by atoms with Crippen LogP contribution in [0, 0.1) is 11.6 Å². The standard InChI is InChI=1S/C16H19BF2N4O2S/c1-15(2)16(3,4)25-17(24-15)13-10(18)5-9(6-11(13)19)7-21-23-14-22-12(20)8-26-14/h5-8H,20H2,1-4H3,(H,22,23). The van der Waals surface area contributed by atoms with Crippen molar-refractivity contribution in [1.82, 2.24) is 4.98 Å². The molecule has 1 fully saturated rings. The van der Waals surface area contributed by atoms with E-state index in [2.05, 4.69) is 15.5 Å². The summed E-state index contributed by atoms with van der Waals surface area (Å²) in [6.07, 6.45) is 1.29. The van der Waals surface area contributed by atoms with Crippen LogP contribution >= 0.6 is 11.3 Å². The molecule has 0 saturated carbocycles. The average molecular weight is 380 g/mol. The summed E-state index contributed by atoms with van der Waals surface area (Å²) in [7, 11) is -1.11. The van der Waals surface area contributed by atoms with Gasteiger partial charge in [-0.25, -0.2) is 13.8 Å². The lowest BCUT2D eigenvalue weighted by Crippen LogP contribution is -2.41. The van der Waals surface area contributed by atoms with Crippen LogP contribution in [0.1, 0.15) is 33.3 Å². The topological polar surface area (TPSA) is 81.8 Å². The second-order valence-corrected chi connectivity index (χ2v) is 7.79. The first-order chi connectivity index (χ1) is 12.1. The van der Waals surface area contributed by atoms with Crippen LogP contribution in [0.5, 0.6) is 0 Å². The molecule has 0 unspecified atom stereocenters. The molecular formula is C16H19BF2N4O2S. The maximum absolute atomic E-state index is 14.5. The molecule has 1 aliphatic heterocycles. The molecule has 0 amide bonds. The minimum absolute atomic E-state index is 0.247. The first-order valence-electron chi connectivity index (χ1n) is 7.94. The molecule has 0 aliphatic carbocycles. The molecule has 0 radical (unpaired) electrons. The molecule has 1 aromatic carbocycles. The summed E-state index contributed by atoms with van der Waals surface area (Å²) < 4.78 is 40.5. The number of thiazole rings is 1. The normalized spacial score (nSPS) is 18.6. The lowest BCUT2D eigenvalue weighted by molar-refractivity contribution is 0.00578. The minimum atomic E-state index is -1.11. The van der Waals surface area contributed by atoms with E-state index in [0.717, 1.165) is 0 Å². The number of rotatable bonds is 4. The van der Waals surface area contributed by atoms with E-state index in [9.17, 15) is 8.78 Å². The summed E-state index contributed by atoms with van der Waals surface area (Å²) in [5.74, 6) is -1.15. The highest BCUT2D eigenvalue weighted by Crippen LogP contribution is 2.36. The number of hydrogen-bond donors (Lipinski definition) is 2. The second kappa shape index (κ2) is 6.60. The van der Waals surface area contributed by atoms with Crippen molar-refractivity contribution in [2.45, 2.75) is 38.9 Å². The van der Waals surface area contributed by atoms with Gasteiger partial charge in [-0.15, -0.1) is 11.3 Å². The summed E-state index contributed by atoms with van der Waals surface area (Å²) in [6.45, 7) is 7.28. The van der Waals surface area contributed by atoms with Gasteiger partial charge in [-0.3, -0.25) is 5.43 Å². The minimum Gasteiger partial charge on any atom is -0.399 e. The van der Waals surface area contributed by atoms with Gasteiger partial charge in [-0.1, -0.05) is 0 Å². The molecule has 3 rings (SSSR count). The van der Waals surface area contributed by atoms with Gasteiger partial charge in [0.15, 0.2) is 0 Å². The van der Waals surface area contributed by atoms with Crippen LogP contribution in [-0.4, -0.2) is 29.5 Å². The molecule has 10 heteroatoms. The Kier molecular flexibility index (Phi) is 4.76. The largest absolute Gasteiger partial charge is 0.500 e. The van der Waals surface area contributed by atoms with E-state index in [1.807, 2.05) is 27.7 Å². The second-order valence-electron chi connectivity index (χ2n) is 6.93. The summed E-state index contributed by atoms with van der Waals surface area (Å²) in [5.41, 5.74) is 6.78. The van der Waals surface area contributed by atoms with Gasteiger partial charge in [0, 0.05) is 10.9 Å². The van der Waals surface area contributed by atoms with E-state index in [4.69, 9.17) is 15.0 Å². The van der Waals surface area contributed by atoms with E-state index >= 15 is 0 Å². The molecule has 2 aromatic rings. The third-order valence-electron chi connectivity index (χ3n) is 4.49. The third-order valence-corrected chi connectivity index (χ3v) is 5.25. The zero-order valence-corrected chi connectivity index (χ0v) is 15.7. The maximum Gasteiger partial charge on any atom is 0.500 e. The molecule has 26 heavy (non-hydrogen) atoms. The van der Waals surface area contributed by atoms with Gasteiger partial charge in [0.2, 0.25) is 5.13 Å². The molecule has 1 saturated heterocycles. The molecular weight excluding hydrogens is 361 g/mol. The van der Waals surface area contributed by atoms with Crippen LogP contribution in [0.4, 0.5) is 19.7 Å². The molecule has 0 bridgehead atoms. The van der Waals surface area contributed by atoms with Crippen LogP contribution < -0.4 is 16.6 Å². The van der Waals surface area contributed by atoms with E-state index in [1.54, 1.807) is 5.38 Å². The van der Waals surface area contributed by atoms with E-state index in [1.165, 1.54) is 29.7 Å². The van der Waals surface area contributed by atoms with Crippen LogP contribution in [0.3, 0.4) is 0 Å². The number of anilines is 2. The van der Waals surface area contributed by atoms with Gasteiger partial charge < -0.3 is 15.0 Å². The number of nitrogens with one attached hydrogen (secondary N) is 1. The fourth-order valence-corrected chi connectivity index (χ4v) is 2.91. The molecule has 138 valence electrons. The predicted molar refractivity (Wildman–Crippen MR) is 99.8 cm³/mol. The number of benzene rings is 1. The number of nitrogens with two attached hydrogens (primary N) is 1. The Morgan fingerprint density at radius 3 is 2.27 bits per heavy atom. The highest BCUT2D eigenvalue weighted by atomic mass is 32.1. The van der Waals surface area contributed by atoms with Gasteiger partial charge in [-0.05, 0) is 39.8 Å². The Balaban J connectivity index is 1.79. The summed E-state index contributed by atoms with van der Waals surface area (Å²) in [6, 6.07) is 2.34. The van der Waals surface area contributed by atoms with Crippen molar-refractivity contribution in [3.05, 3.63) is 34.7 Å². The molecule has 1 aliphatic rings. The number of aromatic nitrogens is 1. The Labute approximate surface area is 154 Å². The highest BCUT2D eigenvalue weighted by Gasteiger charge is 2.53. The number of nitrogens with zero attached hydrogens (tertiary/aromatic N) is 2.